The topological polar surface area (TPSA) is 102 Å². The highest BCUT2D eigenvalue weighted by molar-refractivity contribution is 7.48. The summed E-state index contributed by atoms with van der Waals surface area (Å²) in [4.78, 5) is 34.0. The van der Waals surface area contributed by atoms with E-state index in [1.54, 1.807) is 36.4 Å². The molecule has 1 atom stereocenters. The molecule has 0 spiro atoms. The number of phosphoric acid groups is 1. The first kappa shape index (κ1) is 22.3. The Balaban J connectivity index is 1.71. The third-order valence-corrected chi connectivity index (χ3v) is 5.08. The molecule has 3 rings (SSSR count). The molecule has 0 saturated heterocycles. The second-order valence-electron chi connectivity index (χ2n) is 7.09. The molecule has 3 aromatic rings. The fraction of sp³-hybridized carbons (Fsp3) is 0.130. The highest BCUT2D eigenvalue weighted by Crippen LogP contribution is 2.44. The Hall–Kier alpha value is -3.41. The minimum Gasteiger partial charge on any atom is -0.395 e. The Morgan fingerprint density at radius 2 is 1.45 bits per heavy atom. The van der Waals surface area contributed by atoms with E-state index in [4.69, 9.17) is 9.05 Å². The summed E-state index contributed by atoms with van der Waals surface area (Å²) in [6.07, 6.45) is 0. The van der Waals surface area contributed by atoms with Crippen LogP contribution in [-0.4, -0.2) is 16.6 Å². The third-order valence-electron chi connectivity index (χ3n) is 4.20. The van der Waals surface area contributed by atoms with Crippen LogP contribution in [0.3, 0.4) is 0 Å². The van der Waals surface area contributed by atoms with Gasteiger partial charge in [-0.1, -0.05) is 18.2 Å². The summed E-state index contributed by atoms with van der Waals surface area (Å²) in [5, 5.41) is 2.63. The van der Waals surface area contributed by atoms with Gasteiger partial charge in [-0.15, -0.1) is 0 Å². The van der Waals surface area contributed by atoms with Crippen molar-refractivity contribution in [3.05, 3.63) is 89.0 Å². The van der Waals surface area contributed by atoms with Crippen molar-refractivity contribution in [2.75, 3.05) is 5.32 Å². The number of rotatable bonds is 7. The standard InChI is InChI=1S/C23H22NO6P/c1-15-11-16(2)13-22(12-15)30-31(27,28)29-21-9-7-18(8-10-21)23(26)19-5-4-6-20(14-19)24-17(3)25/h4-14H,1-3H3,(H,24,25)(H,27,28). The van der Waals surface area contributed by atoms with Gasteiger partial charge in [0.05, 0.1) is 0 Å². The van der Waals surface area contributed by atoms with E-state index in [1.807, 2.05) is 19.9 Å². The van der Waals surface area contributed by atoms with Crippen LogP contribution in [0.5, 0.6) is 11.5 Å². The van der Waals surface area contributed by atoms with Crippen LogP contribution in [0, 0.1) is 13.8 Å². The molecule has 8 heteroatoms. The molecule has 1 unspecified atom stereocenters. The van der Waals surface area contributed by atoms with Gasteiger partial charge >= 0.3 is 7.82 Å². The summed E-state index contributed by atoms with van der Waals surface area (Å²) in [6, 6.07) is 17.6. The molecular weight excluding hydrogens is 417 g/mol. The maximum absolute atomic E-state index is 12.7. The Labute approximate surface area is 180 Å². The van der Waals surface area contributed by atoms with Crippen molar-refractivity contribution in [2.24, 2.45) is 0 Å². The second-order valence-corrected chi connectivity index (χ2v) is 8.39. The third kappa shape index (κ3) is 6.28. The van der Waals surface area contributed by atoms with Gasteiger partial charge in [0, 0.05) is 23.7 Å². The summed E-state index contributed by atoms with van der Waals surface area (Å²) < 4.78 is 22.6. The van der Waals surface area contributed by atoms with Crippen molar-refractivity contribution in [1.29, 1.82) is 0 Å². The van der Waals surface area contributed by atoms with Crippen molar-refractivity contribution in [2.45, 2.75) is 20.8 Å². The fourth-order valence-electron chi connectivity index (χ4n) is 3.05. The van der Waals surface area contributed by atoms with Crippen molar-refractivity contribution < 1.29 is 28.1 Å². The van der Waals surface area contributed by atoms with Crippen LogP contribution in [-0.2, 0) is 9.36 Å². The van der Waals surface area contributed by atoms with Crippen LogP contribution in [0.25, 0.3) is 0 Å². The Morgan fingerprint density at radius 3 is 2.06 bits per heavy atom. The molecule has 160 valence electrons. The largest absolute Gasteiger partial charge is 0.584 e. The van der Waals surface area contributed by atoms with Gasteiger partial charge in [0.1, 0.15) is 11.5 Å². The van der Waals surface area contributed by atoms with Gasteiger partial charge < -0.3 is 14.4 Å². The first-order valence-electron chi connectivity index (χ1n) is 9.44. The maximum Gasteiger partial charge on any atom is 0.584 e. The fourth-order valence-corrected chi connectivity index (χ4v) is 3.84. The number of amides is 1. The lowest BCUT2D eigenvalue weighted by atomic mass is 10.0. The van der Waals surface area contributed by atoms with Crippen LogP contribution >= 0.6 is 7.82 Å². The summed E-state index contributed by atoms with van der Waals surface area (Å²) in [5.74, 6) is -0.187. The summed E-state index contributed by atoms with van der Waals surface area (Å²) >= 11 is 0. The predicted octanol–water partition coefficient (Wildman–Crippen LogP) is 5.05. The SMILES string of the molecule is CC(=O)Nc1cccc(C(=O)c2ccc(OP(=O)(O)Oc3cc(C)cc(C)c3)cc2)c1. The minimum atomic E-state index is -4.42. The summed E-state index contributed by atoms with van der Waals surface area (Å²) in [6.45, 7) is 5.09. The van der Waals surface area contributed by atoms with E-state index < -0.39 is 7.82 Å². The highest BCUT2D eigenvalue weighted by Gasteiger charge is 2.25. The average molecular weight is 439 g/mol. The highest BCUT2D eigenvalue weighted by atomic mass is 31.2. The second kappa shape index (κ2) is 9.16. The maximum atomic E-state index is 12.7. The number of carbonyl (C=O) groups is 2. The zero-order valence-corrected chi connectivity index (χ0v) is 18.2. The lowest BCUT2D eigenvalue weighted by Gasteiger charge is -2.15. The molecule has 0 radical (unpaired) electrons. The van der Waals surface area contributed by atoms with Crippen molar-refractivity contribution in [3.8, 4) is 11.5 Å². The normalized spacial score (nSPS) is 12.5. The Kier molecular flexibility index (Phi) is 6.59. The first-order valence-corrected chi connectivity index (χ1v) is 10.9. The number of carbonyl (C=O) groups excluding carboxylic acids is 2. The number of hydrogen-bond acceptors (Lipinski definition) is 5. The summed E-state index contributed by atoms with van der Waals surface area (Å²) in [5.41, 5.74) is 3.05. The van der Waals surface area contributed by atoms with Gasteiger partial charge in [-0.05, 0) is 73.5 Å². The molecule has 3 aromatic carbocycles. The zero-order chi connectivity index (χ0) is 22.6. The molecule has 0 bridgehead atoms. The van der Waals surface area contributed by atoms with Gasteiger partial charge in [-0.25, -0.2) is 4.57 Å². The van der Waals surface area contributed by atoms with Gasteiger partial charge in [0.25, 0.3) is 0 Å². The number of ketones is 1. The van der Waals surface area contributed by atoms with E-state index in [2.05, 4.69) is 5.32 Å². The Bertz CT molecular complexity index is 1150. The number of anilines is 1. The molecule has 0 fully saturated rings. The van der Waals surface area contributed by atoms with Crippen LogP contribution in [0.1, 0.15) is 34.0 Å². The molecule has 7 nitrogen and oxygen atoms in total. The summed E-state index contributed by atoms with van der Waals surface area (Å²) in [7, 11) is -4.42. The van der Waals surface area contributed by atoms with Crippen LogP contribution in [0.15, 0.2) is 66.7 Å². The molecule has 0 heterocycles. The predicted molar refractivity (Wildman–Crippen MR) is 118 cm³/mol. The zero-order valence-electron chi connectivity index (χ0n) is 17.3. The molecule has 31 heavy (non-hydrogen) atoms. The molecule has 0 aliphatic heterocycles. The van der Waals surface area contributed by atoms with Crippen molar-refractivity contribution >= 4 is 25.2 Å². The molecule has 0 aliphatic rings. The lowest BCUT2D eigenvalue weighted by Crippen LogP contribution is -2.07. The van der Waals surface area contributed by atoms with Crippen LogP contribution in [0.4, 0.5) is 5.69 Å². The minimum absolute atomic E-state index is 0.0822. The molecule has 0 aromatic heterocycles. The number of hydrogen-bond donors (Lipinski definition) is 2. The van der Waals surface area contributed by atoms with Gasteiger partial charge in [-0.3, -0.25) is 14.5 Å². The molecule has 1 amide bonds. The number of aryl methyl sites for hydroxylation is 2. The van der Waals surface area contributed by atoms with Gasteiger partial charge in [0.15, 0.2) is 5.78 Å². The number of benzene rings is 3. The van der Waals surface area contributed by atoms with E-state index in [0.29, 0.717) is 16.8 Å². The van der Waals surface area contributed by atoms with E-state index in [1.165, 1.54) is 31.2 Å². The van der Waals surface area contributed by atoms with Crippen molar-refractivity contribution in [1.82, 2.24) is 0 Å². The quantitative estimate of drug-likeness (QED) is 0.395. The average Bonchev–Trinajstić information content (AvgIpc) is 2.66. The van der Waals surface area contributed by atoms with Crippen molar-refractivity contribution in [3.63, 3.8) is 0 Å². The molecule has 0 saturated carbocycles. The van der Waals surface area contributed by atoms with E-state index >= 15 is 0 Å². The number of nitrogens with one attached hydrogen (secondary N) is 1. The van der Waals surface area contributed by atoms with E-state index in [0.717, 1.165) is 11.1 Å². The number of phosphoric ester groups is 1. The Morgan fingerprint density at radius 1 is 0.839 bits per heavy atom. The van der Waals surface area contributed by atoms with Crippen LogP contribution in [0.2, 0.25) is 0 Å². The molecule has 0 aliphatic carbocycles. The monoisotopic (exact) mass is 439 g/mol. The lowest BCUT2D eigenvalue weighted by molar-refractivity contribution is -0.114. The van der Waals surface area contributed by atoms with E-state index in [9.17, 15) is 19.0 Å². The van der Waals surface area contributed by atoms with E-state index in [-0.39, 0.29) is 23.2 Å². The molecule has 2 N–H and O–H groups in total. The van der Waals surface area contributed by atoms with Gasteiger partial charge in [0.2, 0.25) is 5.91 Å². The molecular formula is C23H22NO6P. The van der Waals surface area contributed by atoms with Crippen LogP contribution < -0.4 is 14.4 Å². The van der Waals surface area contributed by atoms with Gasteiger partial charge in [-0.2, -0.15) is 0 Å². The smallest absolute Gasteiger partial charge is 0.395 e. The first-order chi connectivity index (χ1) is 14.6.